The number of hydrogen-bond acceptors (Lipinski definition) is 6. The van der Waals surface area contributed by atoms with Crippen LogP contribution in [0.25, 0.3) is 0 Å². The highest BCUT2D eigenvalue weighted by Crippen LogP contribution is 2.22. The summed E-state index contributed by atoms with van der Waals surface area (Å²) in [6, 6.07) is 0. The van der Waals surface area contributed by atoms with Crippen LogP contribution in [0, 0.1) is 6.92 Å². The molecule has 0 unspecified atom stereocenters. The van der Waals surface area contributed by atoms with E-state index in [9.17, 15) is 4.79 Å². The largest absolute Gasteiger partial charge is 0.294 e. The molecule has 1 aromatic heterocycles. The van der Waals surface area contributed by atoms with Gasteiger partial charge in [0.05, 0.1) is 0 Å². The van der Waals surface area contributed by atoms with E-state index in [2.05, 4.69) is 15.6 Å². The first kappa shape index (κ1) is 12.4. The summed E-state index contributed by atoms with van der Waals surface area (Å²) in [4.78, 5) is 10.8. The molecule has 1 rings (SSSR count). The van der Waals surface area contributed by atoms with Crippen molar-refractivity contribution in [2.45, 2.75) is 30.5 Å². The zero-order valence-electron chi connectivity index (χ0n) is 8.52. The standard InChI is InChI=1S/C8H14N4OS2/c1-6-11-12-8(15-6)14-5-3-2-4-7(13)10-9/h2-5,9H2,1H3,(H,10,13). The number of aromatic nitrogens is 2. The molecule has 0 aliphatic heterocycles. The lowest BCUT2D eigenvalue weighted by atomic mass is 10.2. The van der Waals surface area contributed by atoms with Crippen LogP contribution in [0.2, 0.25) is 0 Å². The van der Waals surface area contributed by atoms with Crippen LogP contribution in [0.3, 0.4) is 0 Å². The molecule has 1 amide bonds. The Balaban J connectivity index is 2.05. The highest BCUT2D eigenvalue weighted by Gasteiger charge is 2.01. The number of nitrogens with two attached hydrogens (primary N) is 1. The van der Waals surface area contributed by atoms with Crippen LogP contribution in [0.4, 0.5) is 0 Å². The molecule has 0 aliphatic rings. The maximum absolute atomic E-state index is 10.8. The van der Waals surface area contributed by atoms with E-state index in [1.165, 1.54) is 0 Å². The average Bonchev–Trinajstić information content (AvgIpc) is 2.63. The van der Waals surface area contributed by atoms with Gasteiger partial charge in [-0.3, -0.25) is 10.2 Å². The maximum Gasteiger partial charge on any atom is 0.233 e. The molecule has 7 heteroatoms. The van der Waals surface area contributed by atoms with E-state index in [4.69, 9.17) is 5.84 Å². The van der Waals surface area contributed by atoms with Crippen molar-refractivity contribution in [3.05, 3.63) is 5.01 Å². The van der Waals surface area contributed by atoms with Gasteiger partial charge in [-0.1, -0.05) is 23.1 Å². The van der Waals surface area contributed by atoms with Gasteiger partial charge in [0, 0.05) is 12.2 Å². The second-order valence-electron chi connectivity index (χ2n) is 2.96. The van der Waals surface area contributed by atoms with Crippen LogP contribution in [0.5, 0.6) is 0 Å². The summed E-state index contributed by atoms with van der Waals surface area (Å²) in [6.07, 6.45) is 2.33. The van der Waals surface area contributed by atoms with E-state index in [1.807, 2.05) is 6.92 Å². The number of amides is 1. The number of hydrazine groups is 1. The van der Waals surface area contributed by atoms with Crippen LogP contribution >= 0.6 is 23.1 Å². The molecule has 0 aliphatic carbocycles. The second kappa shape index (κ2) is 6.76. The maximum atomic E-state index is 10.8. The van der Waals surface area contributed by atoms with Gasteiger partial charge in [0.1, 0.15) is 5.01 Å². The Morgan fingerprint density at radius 3 is 2.93 bits per heavy atom. The van der Waals surface area contributed by atoms with Gasteiger partial charge in [0.2, 0.25) is 5.91 Å². The number of rotatable bonds is 6. The third kappa shape index (κ3) is 5.10. The van der Waals surface area contributed by atoms with Gasteiger partial charge in [-0.2, -0.15) is 0 Å². The molecule has 15 heavy (non-hydrogen) atoms. The van der Waals surface area contributed by atoms with Crippen molar-refractivity contribution in [2.24, 2.45) is 5.84 Å². The lowest BCUT2D eigenvalue weighted by molar-refractivity contribution is -0.121. The van der Waals surface area contributed by atoms with Crippen LogP contribution in [-0.4, -0.2) is 21.9 Å². The number of aryl methyl sites for hydroxylation is 1. The Kier molecular flexibility index (Phi) is 5.59. The molecule has 0 atom stereocenters. The zero-order valence-corrected chi connectivity index (χ0v) is 10.2. The minimum Gasteiger partial charge on any atom is -0.294 e. The number of carbonyl (C=O) groups excluding carboxylic acids is 1. The van der Waals surface area contributed by atoms with Crippen molar-refractivity contribution >= 4 is 29.0 Å². The molecule has 0 spiro atoms. The number of unbranched alkanes of at least 4 members (excludes halogenated alkanes) is 1. The molecular formula is C8H14N4OS2. The number of nitrogens with one attached hydrogen (secondary N) is 1. The van der Waals surface area contributed by atoms with Crippen LogP contribution in [0.15, 0.2) is 4.34 Å². The van der Waals surface area contributed by atoms with Gasteiger partial charge in [-0.25, -0.2) is 5.84 Å². The molecule has 0 bridgehead atoms. The predicted molar refractivity (Wildman–Crippen MR) is 61.6 cm³/mol. The highest BCUT2D eigenvalue weighted by molar-refractivity contribution is 8.01. The molecule has 0 radical (unpaired) electrons. The smallest absolute Gasteiger partial charge is 0.233 e. The number of hydrogen-bond donors (Lipinski definition) is 2. The Bertz CT molecular complexity index is 315. The third-order valence-corrected chi connectivity index (χ3v) is 3.75. The average molecular weight is 246 g/mol. The minimum atomic E-state index is -0.105. The normalized spacial score (nSPS) is 10.3. The van der Waals surface area contributed by atoms with Crippen molar-refractivity contribution in [1.82, 2.24) is 15.6 Å². The molecule has 84 valence electrons. The summed E-state index contributed by atoms with van der Waals surface area (Å²) in [5.74, 6) is 5.82. The fraction of sp³-hybridized carbons (Fsp3) is 0.625. The Labute approximate surface area is 96.8 Å². The first-order chi connectivity index (χ1) is 7.22. The summed E-state index contributed by atoms with van der Waals surface area (Å²) in [7, 11) is 0. The summed E-state index contributed by atoms with van der Waals surface area (Å²) < 4.78 is 0.996. The molecule has 1 heterocycles. The Morgan fingerprint density at radius 2 is 2.33 bits per heavy atom. The van der Waals surface area contributed by atoms with Gasteiger partial charge in [0.15, 0.2) is 4.34 Å². The first-order valence-electron chi connectivity index (χ1n) is 4.64. The monoisotopic (exact) mass is 246 g/mol. The van der Waals surface area contributed by atoms with E-state index in [-0.39, 0.29) is 5.91 Å². The number of nitrogens with zero attached hydrogens (tertiary/aromatic N) is 2. The fourth-order valence-corrected chi connectivity index (χ4v) is 2.84. The van der Waals surface area contributed by atoms with Crippen molar-refractivity contribution < 1.29 is 4.79 Å². The molecule has 1 aromatic rings. The van der Waals surface area contributed by atoms with E-state index in [1.54, 1.807) is 23.1 Å². The van der Waals surface area contributed by atoms with Gasteiger partial charge in [0.25, 0.3) is 0 Å². The van der Waals surface area contributed by atoms with E-state index >= 15 is 0 Å². The minimum absolute atomic E-state index is 0.105. The Morgan fingerprint density at radius 1 is 1.53 bits per heavy atom. The summed E-state index contributed by atoms with van der Waals surface area (Å²) >= 11 is 3.28. The SMILES string of the molecule is Cc1nnc(SCCCCC(=O)NN)s1. The van der Waals surface area contributed by atoms with Crippen LogP contribution in [0.1, 0.15) is 24.3 Å². The highest BCUT2D eigenvalue weighted by atomic mass is 32.2. The van der Waals surface area contributed by atoms with Crippen LogP contribution in [-0.2, 0) is 4.79 Å². The number of thioether (sulfide) groups is 1. The molecule has 0 saturated carbocycles. The molecular weight excluding hydrogens is 232 g/mol. The first-order valence-corrected chi connectivity index (χ1v) is 6.45. The quantitative estimate of drug-likeness (QED) is 0.258. The second-order valence-corrected chi connectivity index (χ2v) is 5.48. The molecule has 0 saturated heterocycles. The molecule has 5 nitrogen and oxygen atoms in total. The lowest BCUT2D eigenvalue weighted by Crippen LogP contribution is -2.29. The molecule has 0 fully saturated rings. The van der Waals surface area contributed by atoms with Crippen LogP contribution < -0.4 is 11.3 Å². The summed E-state index contributed by atoms with van der Waals surface area (Å²) in [5.41, 5.74) is 2.11. The lowest BCUT2D eigenvalue weighted by Gasteiger charge is -1.98. The third-order valence-electron chi connectivity index (χ3n) is 1.69. The Hall–Kier alpha value is -0.660. The number of carbonyl (C=O) groups is 1. The van der Waals surface area contributed by atoms with Crippen molar-refractivity contribution in [1.29, 1.82) is 0 Å². The van der Waals surface area contributed by atoms with Crippen molar-refractivity contribution in [2.75, 3.05) is 5.75 Å². The van der Waals surface area contributed by atoms with Crippen molar-refractivity contribution in [3.8, 4) is 0 Å². The molecule has 3 N–H and O–H groups in total. The van der Waals surface area contributed by atoms with E-state index in [0.29, 0.717) is 6.42 Å². The molecule has 0 aromatic carbocycles. The topological polar surface area (TPSA) is 80.9 Å². The van der Waals surface area contributed by atoms with E-state index < -0.39 is 0 Å². The van der Waals surface area contributed by atoms with Crippen molar-refractivity contribution in [3.63, 3.8) is 0 Å². The zero-order chi connectivity index (χ0) is 11.1. The summed E-state index contributed by atoms with van der Waals surface area (Å²) in [6.45, 7) is 1.94. The van der Waals surface area contributed by atoms with Gasteiger partial charge < -0.3 is 0 Å². The van der Waals surface area contributed by atoms with Gasteiger partial charge >= 0.3 is 0 Å². The predicted octanol–water partition coefficient (Wildman–Crippen LogP) is 1.10. The summed E-state index contributed by atoms with van der Waals surface area (Å²) in [5, 5.41) is 8.91. The van der Waals surface area contributed by atoms with Gasteiger partial charge in [-0.05, 0) is 19.8 Å². The van der Waals surface area contributed by atoms with E-state index in [0.717, 1.165) is 27.9 Å². The van der Waals surface area contributed by atoms with Gasteiger partial charge in [-0.15, -0.1) is 10.2 Å². The fourth-order valence-electron chi connectivity index (χ4n) is 0.956.